The number of aliphatic hydroxyl groups is 2. The lowest BCUT2D eigenvalue weighted by molar-refractivity contribution is -0.153. The summed E-state index contributed by atoms with van der Waals surface area (Å²) in [6.45, 7) is 2.24. The second-order valence-electron chi connectivity index (χ2n) is 16.8. The molecule has 0 fully saturated rings. The summed E-state index contributed by atoms with van der Waals surface area (Å²) in [5.41, 5.74) is 0. The summed E-state index contributed by atoms with van der Waals surface area (Å²) >= 11 is 0. The van der Waals surface area contributed by atoms with Crippen molar-refractivity contribution in [3.63, 3.8) is 0 Å². The number of phosphoric ester groups is 1. The molecule has 0 aromatic rings. The van der Waals surface area contributed by atoms with E-state index in [1.807, 2.05) is 0 Å². The molecule has 0 aliphatic rings. The van der Waals surface area contributed by atoms with Crippen LogP contribution in [-0.2, 0) is 32.7 Å². The van der Waals surface area contributed by atoms with Gasteiger partial charge in [0.25, 0.3) is 0 Å². The minimum absolute atomic E-state index is 0.185. The van der Waals surface area contributed by atoms with Gasteiger partial charge in [0, 0.05) is 12.8 Å². The highest BCUT2D eigenvalue weighted by Gasteiger charge is 2.27. The molecule has 0 saturated heterocycles. The van der Waals surface area contributed by atoms with Crippen molar-refractivity contribution in [2.75, 3.05) is 26.4 Å². The van der Waals surface area contributed by atoms with Crippen LogP contribution in [0.15, 0.2) is 12.2 Å². The second kappa shape index (κ2) is 44.8. The molecule has 0 spiro atoms. The summed E-state index contributed by atoms with van der Waals surface area (Å²) in [5, 5.41) is 19.2. The summed E-state index contributed by atoms with van der Waals surface area (Å²) in [5.74, 6) is -1.02. The normalized spacial score (nSPS) is 13.8. The smallest absolute Gasteiger partial charge is 0.457 e. The maximum Gasteiger partial charge on any atom is 0.472 e. The molecule has 0 bridgehead atoms. The van der Waals surface area contributed by atoms with Crippen molar-refractivity contribution in [3.05, 3.63) is 12.2 Å². The molecule has 0 aliphatic carbocycles. The van der Waals surface area contributed by atoms with Gasteiger partial charge in [0.15, 0.2) is 0 Å². The number of hydrogen-bond donors (Lipinski definition) is 3. The van der Waals surface area contributed by atoms with Crippen LogP contribution in [0.25, 0.3) is 0 Å². The largest absolute Gasteiger partial charge is 0.472 e. The highest BCUT2D eigenvalue weighted by atomic mass is 31.2. The quantitative estimate of drug-likeness (QED) is 0.0234. The molecule has 59 heavy (non-hydrogen) atoms. The van der Waals surface area contributed by atoms with Gasteiger partial charge in [-0.15, -0.1) is 0 Å². The molecule has 0 aromatic carbocycles. The lowest BCUT2D eigenvalue weighted by Gasteiger charge is -2.20. The summed E-state index contributed by atoms with van der Waals surface area (Å²) in [7, 11) is -4.64. The first-order valence-corrected chi connectivity index (χ1v) is 26.1. The van der Waals surface area contributed by atoms with Gasteiger partial charge in [-0.2, -0.15) is 0 Å². The van der Waals surface area contributed by atoms with Crippen LogP contribution in [0, 0.1) is 0 Å². The van der Waals surface area contributed by atoms with E-state index in [0.717, 1.165) is 57.8 Å². The van der Waals surface area contributed by atoms with E-state index < -0.39 is 58.4 Å². The van der Waals surface area contributed by atoms with E-state index in [1.54, 1.807) is 0 Å². The number of hydrogen-bond acceptors (Lipinski definition) is 9. The zero-order valence-corrected chi connectivity index (χ0v) is 39.1. The van der Waals surface area contributed by atoms with Crippen molar-refractivity contribution in [1.29, 1.82) is 0 Å². The highest BCUT2D eigenvalue weighted by molar-refractivity contribution is 7.47. The van der Waals surface area contributed by atoms with Gasteiger partial charge in [-0.05, 0) is 38.5 Å². The third kappa shape index (κ3) is 43.2. The molecular formula is C48H93O10P. The first-order chi connectivity index (χ1) is 28.8. The summed E-state index contributed by atoms with van der Waals surface area (Å²) in [4.78, 5) is 34.6. The molecular weight excluding hydrogens is 767 g/mol. The van der Waals surface area contributed by atoms with E-state index in [0.29, 0.717) is 12.8 Å². The van der Waals surface area contributed by atoms with Gasteiger partial charge in [-0.1, -0.05) is 206 Å². The predicted molar refractivity (Wildman–Crippen MR) is 242 cm³/mol. The summed E-state index contributed by atoms with van der Waals surface area (Å²) in [6.07, 6.45) is 44.8. The number of rotatable bonds is 47. The topological polar surface area (TPSA) is 149 Å². The Morgan fingerprint density at radius 2 is 0.695 bits per heavy atom. The van der Waals surface area contributed by atoms with Crippen molar-refractivity contribution in [1.82, 2.24) is 0 Å². The van der Waals surface area contributed by atoms with Crippen molar-refractivity contribution in [2.45, 2.75) is 257 Å². The second-order valence-corrected chi connectivity index (χ2v) is 18.3. The van der Waals surface area contributed by atoms with Crippen molar-refractivity contribution in [2.24, 2.45) is 0 Å². The SMILES string of the molecule is CCCCCCC/C=C\CCCCCCCC(=O)OC(CO)COP(=O)(O)OCC(CO)OC(=O)CCCCCCCCCCCCCCCCCCCCCCCC. The van der Waals surface area contributed by atoms with Crippen molar-refractivity contribution < 1.29 is 47.8 Å². The third-order valence-electron chi connectivity index (χ3n) is 11.0. The van der Waals surface area contributed by atoms with E-state index in [-0.39, 0.29) is 12.8 Å². The number of unbranched alkanes of at least 4 members (excludes halogenated alkanes) is 31. The number of phosphoric acid groups is 1. The fourth-order valence-electron chi connectivity index (χ4n) is 7.17. The van der Waals surface area contributed by atoms with Gasteiger partial charge in [0.1, 0.15) is 12.2 Å². The van der Waals surface area contributed by atoms with E-state index >= 15 is 0 Å². The Bertz CT molecular complexity index is 993. The average molecular weight is 861 g/mol. The molecule has 0 rings (SSSR count). The Morgan fingerprint density at radius 1 is 0.441 bits per heavy atom. The first kappa shape index (κ1) is 57.7. The average Bonchev–Trinajstić information content (AvgIpc) is 3.22. The molecule has 3 unspecified atom stereocenters. The van der Waals surface area contributed by atoms with Crippen LogP contribution < -0.4 is 0 Å². The zero-order chi connectivity index (χ0) is 43.3. The van der Waals surface area contributed by atoms with E-state index in [1.165, 1.54) is 148 Å². The number of esters is 2. The third-order valence-corrected chi connectivity index (χ3v) is 11.9. The maximum atomic E-state index is 12.4. The lowest BCUT2D eigenvalue weighted by atomic mass is 10.0. The Kier molecular flexibility index (Phi) is 43.8. The van der Waals surface area contributed by atoms with Crippen LogP contribution in [0.4, 0.5) is 0 Å². The van der Waals surface area contributed by atoms with Crippen molar-refractivity contribution in [3.8, 4) is 0 Å². The number of carbonyl (C=O) groups excluding carboxylic acids is 2. The van der Waals surface area contributed by atoms with Crippen LogP contribution in [-0.4, -0.2) is 65.7 Å². The van der Waals surface area contributed by atoms with Crippen LogP contribution in [0.5, 0.6) is 0 Å². The van der Waals surface area contributed by atoms with Gasteiger partial charge in [-0.3, -0.25) is 18.6 Å². The monoisotopic (exact) mass is 861 g/mol. The molecule has 3 N–H and O–H groups in total. The van der Waals surface area contributed by atoms with Gasteiger partial charge in [-0.25, -0.2) is 4.57 Å². The molecule has 3 atom stereocenters. The molecule has 0 radical (unpaired) electrons. The molecule has 350 valence electrons. The fourth-order valence-corrected chi connectivity index (χ4v) is 7.95. The molecule has 0 aromatic heterocycles. The molecule has 0 heterocycles. The summed E-state index contributed by atoms with van der Waals surface area (Å²) < 4.78 is 32.7. The van der Waals surface area contributed by atoms with E-state index in [4.69, 9.17) is 18.5 Å². The zero-order valence-electron chi connectivity index (χ0n) is 38.2. The van der Waals surface area contributed by atoms with Crippen LogP contribution in [0.3, 0.4) is 0 Å². The molecule has 10 nitrogen and oxygen atoms in total. The first-order valence-electron chi connectivity index (χ1n) is 24.6. The summed E-state index contributed by atoms with van der Waals surface area (Å²) in [6, 6.07) is 0. The van der Waals surface area contributed by atoms with Gasteiger partial charge < -0.3 is 24.6 Å². The van der Waals surface area contributed by atoms with Crippen molar-refractivity contribution >= 4 is 19.8 Å². The van der Waals surface area contributed by atoms with E-state index in [9.17, 15) is 29.3 Å². The van der Waals surface area contributed by atoms with Gasteiger partial charge >= 0.3 is 19.8 Å². The fraction of sp³-hybridized carbons (Fsp3) is 0.917. The van der Waals surface area contributed by atoms with Crippen LogP contribution >= 0.6 is 7.82 Å². The Balaban J connectivity index is 3.81. The Labute approximate surface area is 362 Å². The lowest BCUT2D eigenvalue weighted by Crippen LogP contribution is -2.28. The predicted octanol–water partition coefficient (Wildman–Crippen LogP) is 13.6. The minimum atomic E-state index is -4.64. The Hall–Kier alpha value is -1.29. The van der Waals surface area contributed by atoms with Gasteiger partial charge in [0.05, 0.1) is 26.4 Å². The van der Waals surface area contributed by atoms with E-state index in [2.05, 4.69) is 26.0 Å². The van der Waals surface area contributed by atoms with Gasteiger partial charge in [0.2, 0.25) is 0 Å². The standard InChI is InChI=1S/C48H93O10P/c1-3-5-7-9-11-13-15-17-19-20-21-22-23-24-25-26-28-30-32-34-36-38-40-48(52)58-46(42-50)44-56-59(53,54)55-43-45(41-49)57-47(51)39-37-35-33-31-29-27-18-16-14-12-10-8-6-4-2/h16,18,45-46,49-50H,3-15,17,19-44H2,1-2H3,(H,53,54)/b18-16-. The maximum absolute atomic E-state index is 12.4. The van der Waals surface area contributed by atoms with Crippen LogP contribution in [0.2, 0.25) is 0 Å². The molecule has 0 amide bonds. The number of allylic oxidation sites excluding steroid dienone is 2. The number of ether oxygens (including phenoxy) is 2. The molecule has 0 saturated carbocycles. The molecule has 11 heteroatoms. The highest BCUT2D eigenvalue weighted by Crippen LogP contribution is 2.43. The minimum Gasteiger partial charge on any atom is -0.457 e. The molecule has 0 aliphatic heterocycles. The van der Waals surface area contributed by atoms with Crippen LogP contribution in [0.1, 0.15) is 245 Å². The number of carbonyl (C=O) groups is 2. The number of aliphatic hydroxyl groups excluding tert-OH is 2. The Morgan fingerprint density at radius 3 is 0.966 bits per heavy atom.